The molecule has 0 saturated heterocycles. The molecule has 0 aliphatic heterocycles. The fourth-order valence-electron chi connectivity index (χ4n) is 2.01. The molecule has 0 saturated carbocycles. The number of hydrogen-bond donors (Lipinski definition) is 1. The van der Waals surface area contributed by atoms with E-state index >= 15 is 0 Å². The van der Waals surface area contributed by atoms with Crippen LogP contribution in [0.2, 0.25) is 5.02 Å². The Morgan fingerprint density at radius 2 is 1.95 bits per heavy atom. The van der Waals surface area contributed by atoms with Crippen molar-refractivity contribution in [2.24, 2.45) is 0 Å². The van der Waals surface area contributed by atoms with Crippen LogP contribution in [0.15, 0.2) is 42.7 Å². The van der Waals surface area contributed by atoms with Gasteiger partial charge in [0.1, 0.15) is 11.8 Å². The number of halogens is 2. The molecule has 0 unspecified atom stereocenters. The molecule has 0 atom stereocenters. The van der Waals surface area contributed by atoms with Crippen LogP contribution in [0.25, 0.3) is 22.2 Å². The Hall–Kier alpha value is -2.20. The molecule has 0 aliphatic rings. The van der Waals surface area contributed by atoms with E-state index in [0.717, 1.165) is 5.56 Å². The van der Waals surface area contributed by atoms with E-state index in [1.807, 2.05) is 12.1 Å². The smallest absolute Gasteiger partial charge is 0.151 e. The van der Waals surface area contributed by atoms with Gasteiger partial charge in [0.15, 0.2) is 5.82 Å². The van der Waals surface area contributed by atoms with Crippen LogP contribution in [0, 0.1) is 5.82 Å². The highest BCUT2D eigenvalue weighted by atomic mass is 35.5. The molecule has 19 heavy (non-hydrogen) atoms. The minimum atomic E-state index is -0.463. The molecule has 0 bridgehead atoms. The first-order valence-corrected chi connectivity index (χ1v) is 5.98. The van der Waals surface area contributed by atoms with E-state index in [4.69, 9.17) is 17.3 Å². The molecular weight excluding hydrogens is 265 g/mol. The number of anilines is 1. The molecular formula is C14H9ClFN3. The fourth-order valence-corrected chi connectivity index (χ4v) is 2.21. The Kier molecular flexibility index (Phi) is 2.80. The van der Waals surface area contributed by atoms with Crippen LogP contribution < -0.4 is 5.73 Å². The third kappa shape index (κ3) is 2.11. The molecule has 0 radical (unpaired) electrons. The predicted octanol–water partition coefficient (Wildman–Crippen LogP) is 3.67. The van der Waals surface area contributed by atoms with Gasteiger partial charge in [-0.2, -0.15) is 0 Å². The summed E-state index contributed by atoms with van der Waals surface area (Å²) in [6, 6.07) is 10.1. The Morgan fingerprint density at radius 3 is 2.74 bits per heavy atom. The fraction of sp³-hybridized carbons (Fsp3) is 0. The van der Waals surface area contributed by atoms with Gasteiger partial charge in [-0.1, -0.05) is 23.7 Å². The van der Waals surface area contributed by atoms with Gasteiger partial charge in [0, 0.05) is 21.7 Å². The summed E-state index contributed by atoms with van der Waals surface area (Å²) in [5, 5.41) is 0.878. The quantitative estimate of drug-likeness (QED) is 0.688. The SMILES string of the molecule is Nc1cccc(-c2ncnc3c(F)cc(Cl)cc23)c1. The van der Waals surface area contributed by atoms with Crippen LogP contribution >= 0.6 is 11.6 Å². The minimum absolute atomic E-state index is 0.247. The third-order valence-corrected chi connectivity index (χ3v) is 3.04. The van der Waals surface area contributed by atoms with Crippen molar-refractivity contribution in [2.45, 2.75) is 0 Å². The summed E-state index contributed by atoms with van der Waals surface area (Å²) in [5.41, 5.74) is 8.03. The second-order valence-corrected chi connectivity index (χ2v) is 4.57. The first-order valence-electron chi connectivity index (χ1n) is 5.61. The molecule has 1 heterocycles. The summed E-state index contributed by atoms with van der Waals surface area (Å²) in [4.78, 5) is 8.16. The van der Waals surface area contributed by atoms with Gasteiger partial charge in [-0.3, -0.25) is 0 Å². The van der Waals surface area contributed by atoms with Crippen LogP contribution in [-0.2, 0) is 0 Å². The monoisotopic (exact) mass is 273 g/mol. The molecule has 1 aromatic heterocycles. The number of nitrogens with zero attached hydrogens (tertiary/aromatic N) is 2. The van der Waals surface area contributed by atoms with E-state index in [9.17, 15) is 4.39 Å². The second-order valence-electron chi connectivity index (χ2n) is 4.13. The molecule has 3 rings (SSSR count). The number of rotatable bonds is 1. The first-order chi connectivity index (χ1) is 9.15. The average Bonchev–Trinajstić information content (AvgIpc) is 2.38. The molecule has 0 aliphatic carbocycles. The molecule has 94 valence electrons. The van der Waals surface area contributed by atoms with Crippen molar-refractivity contribution in [1.29, 1.82) is 0 Å². The number of hydrogen-bond acceptors (Lipinski definition) is 3. The lowest BCUT2D eigenvalue weighted by molar-refractivity contribution is 0.636. The van der Waals surface area contributed by atoms with Crippen molar-refractivity contribution >= 4 is 28.2 Å². The Bertz CT molecular complexity index is 774. The van der Waals surface area contributed by atoms with Crippen LogP contribution in [0.4, 0.5) is 10.1 Å². The van der Waals surface area contributed by atoms with E-state index in [0.29, 0.717) is 21.8 Å². The topological polar surface area (TPSA) is 51.8 Å². The highest BCUT2D eigenvalue weighted by Crippen LogP contribution is 2.29. The van der Waals surface area contributed by atoms with E-state index in [2.05, 4.69) is 9.97 Å². The van der Waals surface area contributed by atoms with Gasteiger partial charge in [-0.25, -0.2) is 14.4 Å². The number of nitrogens with two attached hydrogens (primary N) is 1. The van der Waals surface area contributed by atoms with Crippen molar-refractivity contribution in [1.82, 2.24) is 9.97 Å². The zero-order chi connectivity index (χ0) is 13.4. The minimum Gasteiger partial charge on any atom is -0.399 e. The van der Waals surface area contributed by atoms with E-state index < -0.39 is 5.82 Å². The van der Waals surface area contributed by atoms with E-state index in [1.165, 1.54) is 12.4 Å². The predicted molar refractivity (Wildman–Crippen MR) is 74.4 cm³/mol. The van der Waals surface area contributed by atoms with E-state index in [1.54, 1.807) is 18.2 Å². The summed E-state index contributed by atoms with van der Waals surface area (Å²) in [6.45, 7) is 0. The molecule has 0 amide bonds. The maximum Gasteiger partial charge on any atom is 0.151 e. The van der Waals surface area contributed by atoms with Crippen LogP contribution in [0.1, 0.15) is 0 Å². The zero-order valence-electron chi connectivity index (χ0n) is 9.77. The van der Waals surface area contributed by atoms with Crippen LogP contribution in [0.5, 0.6) is 0 Å². The highest BCUT2D eigenvalue weighted by Gasteiger charge is 2.11. The van der Waals surface area contributed by atoms with Gasteiger partial charge in [-0.15, -0.1) is 0 Å². The second kappa shape index (κ2) is 4.48. The summed E-state index contributed by atoms with van der Waals surface area (Å²) in [7, 11) is 0. The van der Waals surface area contributed by atoms with Crippen molar-refractivity contribution in [2.75, 3.05) is 5.73 Å². The summed E-state index contributed by atoms with van der Waals surface area (Å²) in [5.74, 6) is -0.463. The highest BCUT2D eigenvalue weighted by molar-refractivity contribution is 6.31. The molecule has 5 heteroatoms. The Labute approximate surface area is 113 Å². The van der Waals surface area contributed by atoms with Gasteiger partial charge < -0.3 is 5.73 Å². The lowest BCUT2D eigenvalue weighted by atomic mass is 10.1. The summed E-state index contributed by atoms with van der Waals surface area (Å²) < 4.78 is 13.8. The Balaban J connectivity index is 2.36. The molecule has 3 nitrogen and oxygen atoms in total. The van der Waals surface area contributed by atoms with Crippen molar-refractivity contribution in [3.63, 3.8) is 0 Å². The lowest BCUT2D eigenvalue weighted by Gasteiger charge is -2.07. The molecule has 3 aromatic rings. The molecule has 2 aromatic carbocycles. The molecule has 0 spiro atoms. The summed E-state index contributed by atoms with van der Waals surface area (Å²) >= 11 is 5.89. The maximum absolute atomic E-state index is 13.8. The molecule has 0 fully saturated rings. The van der Waals surface area contributed by atoms with Gasteiger partial charge in [-0.05, 0) is 24.3 Å². The average molecular weight is 274 g/mol. The third-order valence-electron chi connectivity index (χ3n) is 2.82. The summed E-state index contributed by atoms with van der Waals surface area (Å²) in [6.07, 6.45) is 1.33. The number of nitrogen functional groups attached to an aromatic ring is 1. The van der Waals surface area contributed by atoms with Gasteiger partial charge in [0.05, 0.1) is 5.69 Å². The number of aromatic nitrogens is 2. The van der Waals surface area contributed by atoms with Crippen molar-refractivity contribution < 1.29 is 4.39 Å². The number of fused-ring (bicyclic) bond motifs is 1. The van der Waals surface area contributed by atoms with Crippen molar-refractivity contribution in [3.05, 3.63) is 53.6 Å². The van der Waals surface area contributed by atoms with Gasteiger partial charge in [0.25, 0.3) is 0 Å². The largest absolute Gasteiger partial charge is 0.399 e. The lowest BCUT2D eigenvalue weighted by Crippen LogP contribution is -1.93. The normalized spacial score (nSPS) is 10.8. The molecule has 2 N–H and O–H groups in total. The first kappa shape index (κ1) is 11.9. The van der Waals surface area contributed by atoms with Crippen LogP contribution in [-0.4, -0.2) is 9.97 Å². The Morgan fingerprint density at radius 1 is 1.11 bits per heavy atom. The van der Waals surface area contributed by atoms with Gasteiger partial charge in [0.2, 0.25) is 0 Å². The van der Waals surface area contributed by atoms with Crippen molar-refractivity contribution in [3.8, 4) is 11.3 Å². The number of benzene rings is 2. The van der Waals surface area contributed by atoms with Gasteiger partial charge >= 0.3 is 0 Å². The maximum atomic E-state index is 13.8. The zero-order valence-corrected chi connectivity index (χ0v) is 10.5. The van der Waals surface area contributed by atoms with E-state index in [-0.39, 0.29) is 5.52 Å². The van der Waals surface area contributed by atoms with Crippen LogP contribution in [0.3, 0.4) is 0 Å². The standard InChI is InChI=1S/C14H9ClFN3/c15-9-5-11-13(8-2-1-3-10(17)4-8)18-7-19-14(11)12(16)6-9/h1-7H,17H2.